The Kier molecular flexibility index (Phi) is 13.1. The highest BCUT2D eigenvalue weighted by molar-refractivity contribution is 14.0. The van der Waals surface area contributed by atoms with Crippen LogP contribution in [-0.4, -0.2) is 58.2 Å². The van der Waals surface area contributed by atoms with Gasteiger partial charge >= 0.3 is 0 Å². The number of sulfonamides is 1. The summed E-state index contributed by atoms with van der Waals surface area (Å²) in [5, 5.41) is 6.63. The highest BCUT2D eigenvalue weighted by Gasteiger charge is 2.18. The predicted molar refractivity (Wildman–Crippen MR) is 117 cm³/mol. The minimum atomic E-state index is -3.08. The summed E-state index contributed by atoms with van der Waals surface area (Å²) in [4.78, 5) is 4.23. The minimum absolute atomic E-state index is 0. The van der Waals surface area contributed by atoms with E-state index in [0.29, 0.717) is 13.1 Å². The molecule has 8 heteroatoms. The van der Waals surface area contributed by atoms with Crippen LogP contribution in [0.1, 0.15) is 52.4 Å². The average Bonchev–Trinajstić information content (AvgIpc) is 2.56. The highest BCUT2D eigenvalue weighted by Crippen LogP contribution is 2.30. The standard InChI is InChI=1S/C17H36N4O2S.HI/c1-5-24(22,23)21(4)13-7-11-19-17(18-3)20-12-10-16-9-6-8-15(2)14-16;/h15-16H,5-14H2,1-4H3,(H2,18,19,20);1H. The lowest BCUT2D eigenvalue weighted by molar-refractivity contribution is 0.270. The fourth-order valence-corrected chi connectivity index (χ4v) is 4.15. The maximum absolute atomic E-state index is 11.7. The smallest absolute Gasteiger partial charge is 0.213 e. The first-order valence-electron chi connectivity index (χ1n) is 9.27. The first kappa shape index (κ1) is 24.9. The van der Waals surface area contributed by atoms with E-state index in [1.165, 1.54) is 36.4 Å². The van der Waals surface area contributed by atoms with Gasteiger partial charge < -0.3 is 10.6 Å². The molecule has 2 unspecified atom stereocenters. The zero-order valence-corrected chi connectivity index (χ0v) is 19.4. The van der Waals surface area contributed by atoms with Gasteiger partial charge in [-0.05, 0) is 38.0 Å². The third-order valence-electron chi connectivity index (χ3n) is 4.90. The molecule has 0 amide bonds. The van der Waals surface area contributed by atoms with Crippen LogP contribution in [-0.2, 0) is 10.0 Å². The first-order valence-corrected chi connectivity index (χ1v) is 10.9. The van der Waals surface area contributed by atoms with E-state index in [4.69, 9.17) is 0 Å². The highest BCUT2D eigenvalue weighted by atomic mass is 127. The molecule has 0 aromatic heterocycles. The van der Waals surface area contributed by atoms with E-state index in [2.05, 4.69) is 22.5 Å². The number of halogens is 1. The summed E-state index contributed by atoms with van der Waals surface area (Å²) in [5.41, 5.74) is 0. The Balaban J connectivity index is 0.00000576. The summed E-state index contributed by atoms with van der Waals surface area (Å²) in [6.07, 6.45) is 7.42. The molecule has 1 fully saturated rings. The van der Waals surface area contributed by atoms with Gasteiger partial charge in [0.15, 0.2) is 5.96 Å². The number of hydrogen-bond acceptors (Lipinski definition) is 3. The SMILES string of the molecule is CCS(=O)(=O)N(C)CCCNC(=NC)NCCC1CCCC(C)C1.I. The Morgan fingerprint density at radius 1 is 1.24 bits per heavy atom. The molecule has 0 aromatic carbocycles. The van der Waals surface area contributed by atoms with Crippen LogP contribution < -0.4 is 10.6 Å². The van der Waals surface area contributed by atoms with Gasteiger partial charge in [0.2, 0.25) is 10.0 Å². The first-order chi connectivity index (χ1) is 11.4. The molecule has 0 aliphatic heterocycles. The maximum Gasteiger partial charge on any atom is 0.213 e. The zero-order valence-electron chi connectivity index (χ0n) is 16.3. The molecule has 0 radical (unpaired) electrons. The topological polar surface area (TPSA) is 73.8 Å². The Bertz CT molecular complexity index is 485. The van der Waals surface area contributed by atoms with E-state index >= 15 is 0 Å². The molecular weight excluding hydrogens is 451 g/mol. The van der Waals surface area contributed by atoms with Crippen molar-refractivity contribution in [3.63, 3.8) is 0 Å². The van der Waals surface area contributed by atoms with Crippen molar-refractivity contribution < 1.29 is 8.42 Å². The summed E-state index contributed by atoms with van der Waals surface area (Å²) in [6, 6.07) is 0. The largest absolute Gasteiger partial charge is 0.356 e. The third-order valence-corrected chi connectivity index (χ3v) is 6.76. The van der Waals surface area contributed by atoms with E-state index in [1.54, 1.807) is 21.0 Å². The van der Waals surface area contributed by atoms with Gasteiger partial charge in [0.1, 0.15) is 0 Å². The van der Waals surface area contributed by atoms with Crippen molar-refractivity contribution in [2.24, 2.45) is 16.8 Å². The molecule has 0 bridgehead atoms. The normalized spacial score (nSPS) is 21.7. The Labute approximate surface area is 171 Å². The van der Waals surface area contributed by atoms with Crippen LogP contribution in [0.2, 0.25) is 0 Å². The van der Waals surface area contributed by atoms with E-state index in [0.717, 1.165) is 30.8 Å². The van der Waals surface area contributed by atoms with Crippen molar-refractivity contribution in [2.75, 3.05) is 39.5 Å². The van der Waals surface area contributed by atoms with Crippen molar-refractivity contribution in [1.29, 1.82) is 0 Å². The number of rotatable bonds is 9. The number of aliphatic imine (C=N–C) groups is 1. The van der Waals surface area contributed by atoms with Crippen LogP contribution in [0, 0.1) is 11.8 Å². The summed E-state index contributed by atoms with van der Waals surface area (Å²) in [7, 11) is 0.330. The Morgan fingerprint density at radius 3 is 2.52 bits per heavy atom. The maximum atomic E-state index is 11.7. The molecule has 0 saturated heterocycles. The minimum Gasteiger partial charge on any atom is -0.356 e. The van der Waals surface area contributed by atoms with E-state index < -0.39 is 10.0 Å². The van der Waals surface area contributed by atoms with Crippen LogP contribution in [0.5, 0.6) is 0 Å². The van der Waals surface area contributed by atoms with Gasteiger partial charge in [0.05, 0.1) is 5.75 Å². The fraction of sp³-hybridized carbons (Fsp3) is 0.941. The van der Waals surface area contributed by atoms with E-state index in [-0.39, 0.29) is 29.7 Å². The van der Waals surface area contributed by atoms with Crippen LogP contribution in [0.25, 0.3) is 0 Å². The molecule has 0 heterocycles. The van der Waals surface area contributed by atoms with Gasteiger partial charge in [0.25, 0.3) is 0 Å². The lowest BCUT2D eigenvalue weighted by atomic mass is 9.81. The molecule has 150 valence electrons. The van der Waals surface area contributed by atoms with Crippen molar-refractivity contribution in [3.8, 4) is 0 Å². The molecule has 6 nitrogen and oxygen atoms in total. The molecular formula is C17H37IN4O2S. The van der Waals surface area contributed by atoms with Gasteiger partial charge in [-0.2, -0.15) is 0 Å². The predicted octanol–water partition coefficient (Wildman–Crippen LogP) is 2.66. The van der Waals surface area contributed by atoms with Gasteiger partial charge in [-0.25, -0.2) is 12.7 Å². The molecule has 0 aromatic rings. The second kappa shape index (κ2) is 13.1. The molecule has 1 aliphatic carbocycles. The van der Waals surface area contributed by atoms with Gasteiger partial charge in [-0.1, -0.05) is 26.2 Å². The number of nitrogens with zero attached hydrogens (tertiary/aromatic N) is 2. The van der Waals surface area contributed by atoms with Crippen LogP contribution >= 0.6 is 24.0 Å². The van der Waals surface area contributed by atoms with E-state index in [9.17, 15) is 8.42 Å². The summed E-state index contributed by atoms with van der Waals surface area (Å²) >= 11 is 0. The quantitative estimate of drug-likeness (QED) is 0.227. The van der Waals surface area contributed by atoms with Crippen molar-refractivity contribution in [1.82, 2.24) is 14.9 Å². The summed E-state index contributed by atoms with van der Waals surface area (Å²) in [6.45, 7) is 6.21. The molecule has 2 atom stereocenters. The Hall–Kier alpha value is -0.0900. The number of guanidine groups is 1. The van der Waals surface area contributed by atoms with Crippen molar-refractivity contribution in [2.45, 2.75) is 52.4 Å². The van der Waals surface area contributed by atoms with Crippen LogP contribution in [0.4, 0.5) is 0 Å². The second-order valence-corrected chi connectivity index (χ2v) is 9.29. The third kappa shape index (κ3) is 9.98. The van der Waals surface area contributed by atoms with Crippen molar-refractivity contribution in [3.05, 3.63) is 0 Å². The number of hydrogen-bond donors (Lipinski definition) is 2. The average molecular weight is 488 g/mol. The van der Waals surface area contributed by atoms with Crippen LogP contribution in [0.15, 0.2) is 4.99 Å². The van der Waals surface area contributed by atoms with Gasteiger partial charge in [-0.15, -0.1) is 24.0 Å². The van der Waals surface area contributed by atoms with Gasteiger partial charge in [0, 0.05) is 33.7 Å². The summed E-state index contributed by atoms with van der Waals surface area (Å²) in [5.74, 6) is 2.67. The second-order valence-electron chi connectivity index (χ2n) is 6.93. The molecule has 1 aliphatic rings. The molecule has 25 heavy (non-hydrogen) atoms. The van der Waals surface area contributed by atoms with Crippen LogP contribution in [0.3, 0.4) is 0 Å². The molecule has 0 spiro atoms. The Morgan fingerprint density at radius 2 is 1.92 bits per heavy atom. The van der Waals surface area contributed by atoms with E-state index in [1.807, 2.05) is 0 Å². The summed E-state index contributed by atoms with van der Waals surface area (Å²) < 4.78 is 24.8. The molecule has 1 rings (SSSR count). The number of nitrogens with one attached hydrogen (secondary N) is 2. The van der Waals surface area contributed by atoms with Gasteiger partial charge in [-0.3, -0.25) is 4.99 Å². The lowest BCUT2D eigenvalue weighted by Crippen LogP contribution is -2.40. The molecule has 2 N–H and O–H groups in total. The van der Waals surface area contributed by atoms with Crippen molar-refractivity contribution >= 4 is 40.0 Å². The lowest BCUT2D eigenvalue weighted by Gasteiger charge is -2.26. The molecule has 1 saturated carbocycles. The monoisotopic (exact) mass is 488 g/mol. The fourth-order valence-electron chi connectivity index (χ4n) is 3.31. The zero-order chi connectivity index (χ0) is 18.0.